The first-order chi connectivity index (χ1) is 7.70. The van der Waals surface area contributed by atoms with E-state index < -0.39 is 0 Å². The standard InChI is InChI=1S/C11H21N3O2/c1-8-4-9(5-12)6-14(8)11(15)13-10-2-3-16-7-10/h8-10H,2-7,12H2,1H3,(H,13,15). The third-order valence-electron chi connectivity index (χ3n) is 3.51. The minimum atomic E-state index is 0.0407. The van der Waals surface area contributed by atoms with E-state index >= 15 is 0 Å². The first-order valence-electron chi connectivity index (χ1n) is 6.05. The van der Waals surface area contributed by atoms with Crippen LogP contribution >= 0.6 is 0 Å². The molecule has 5 heteroatoms. The predicted molar refractivity (Wildman–Crippen MR) is 61.1 cm³/mol. The van der Waals surface area contributed by atoms with Crippen molar-refractivity contribution in [3.05, 3.63) is 0 Å². The van der Waals surface area contributed by atoms with Gasteiger partial charge in [-0.05, 0) is 32.2 Å². The van der Waals surface area contributed by atoms with Crippen LogP contribution in [0.15, 0.2) is 0 Å². The van der Waals surface area contributed by atoms with Crippen molar-refractivity contribution in [2.24, 2.45) is 11.7 Å². The van der Waals surface area contributed by atoms with Gasteiger partial charge < -0.3 is 20.7 Å². The molecule has 92 valence electrons. The van der Waals surface area contributed by atoms with Crippen LogP contribution in [-0.2, 0) is 4.74 Å². The van der Waals surface area contributed by atoms with Crippen LogP contribution in [-0.4, -0.2) is 49.3 Å². The Morgan fingerprint density at radius 1 is 1.62 bits per heavy atom. The summed E-state index contributed by atoms with van der Waals surface area (Å²) in [6.45, 7) is 4.94. The van der Waals surface area contributed by atoms with Gasteiger partial charge in [-0.15, -0.1) is 0 Å². The lowest BCUT2D eigenvalue weighted by Gasteiger charge is -2.23. The molecule has 0 aromatic rings. The topological polar surface area (TPSA) is 67.6 Å². The molecule has 2 aliphatic heterocycles. The first-order valence-corrected chi connectivity index (χ1v) is 6.05. The van der Waals surface area contributed by atoms with Crippen LogP contribution in [0.5, 0.6) is 0 Å². The molecule has 5 nitrogen and oxygen atoms in total. The van der Waals surface area contributed by atoms with Crippen molar-refractivity contribution in [1.82, 2.24) is 10.2 Å². The molecule has 0 aromatic carbocycles. The van der Waals surface area contributed by atoms with Crippen LogP contribution in [0.3, 0.4) is 0 Å². The van der Waals surface area contributed by atoms with E-state index in [2.05, 4.69) is 12.2 Å². The zero-order valence-corrected chi connectivity index (χ0v) is 9.82. The fraction of sp³-hybridized carbons (Fsp3) is 0.909. The highest BCUT2D eigenvalue weighted by Gasteiger charge is 2.32. The molecule has 2 rings (SSSR count). The molecule has 2 aliphatic rings. The molecule has 2 heterocycles. The molecule has 0 saturated carbocycles. The molecule has 0 aromatic heterocycles. The molecule has 2 saturated heterocycles. The Morgan fingerprint density at radius 2 is 2.44 bits per heavy atom. The zero-order valence-electron chi connectivity index (χ0n) is 9.82. The number of carbonyl (C=O) groups is 1. The largest absolute Gasteiger partial charge is 0.379 e. The van der Waals surface area contributed by atoms with E-state index in [-0.39, 0.29) is 12.1 Å². The maximum Gasteiger partial charge on any atom is 0.317 e. The first kappa shape index (κ1) is 11.7. The maximum atomic E-state index is 12.0. The van der Waals surface area contributed by atoms with E-state index in [0.717, 1.165) is 26.0 Å². The van der Waals surface area contributed by atoms with Crippen molar-refractivity contribution < 1.29 is 9.53 Å². The summed E-state index contributed by atoms with van der Waals surface area (Å²) in [5.74, 6) is 0.459. The summed E-state index contributed by atoms with van der Waals surface area (Å²) in [6, 6.07) is 0.534. The van der Waals surface area contributed by atoms with Crippen molar-refractivity contribution in [2.45, 2.75) is 31.8 Å². The van der Waals surface area contributed by atoms with Gasteiger partial charge in [0.1, 0.15) is 0 Å². The van der Waals surface area contributed by atoms with Crippen molar-refractivity contribution in [1.29, 1.82) is 0 Å². The molecule has 0 radical (unpaired) electrons. The number of rotatable bonds is 2. The quantitative estimate of drug-likeness (QED) is 0.706. The third-order valence-corrected chi connectivity index (χ3v) is 3.51. The highest BCUT2D eigenvalue weighted by molar-refractivity contribution is 5.75. The summed E-state index contributed by atoms with van der Waals surface area (Å²) >= 11 is 0. The zero-order chi connectivity index (χ0) is 11.5. The fourth-order valence-corrected chi connectivity index (χ4v) is 2.50. The second-order valence-corrected chi connectivity index (χ2v) is 4.85. The van der Waals surface area contributed by atoms with Crippen LogP contribution in [0.4, 0.5) is 4.79 Å². The van der Waals surface area contributed by atoms with Gasteiger partial charge in [-0.25, -0.2) is 4.79 Å². The van der Waals surface area contributed by atoms with Crippen LogP contribution in [0.1, 0.15) is 19.8 Å². The number of nitrogens with zero attached hydrogens (tertiary/aromatic N) is 1. The number of likely N-dealkylation sites (tertiary alicyclic amines) is 1. The van der Waals surface area contributed by atoms with Crippen molar-refractivity contribution in [3.63, 3.8) is 0 Å². The molecule has 3 N–H and O–H groups in total. The van der Waals surface area contributed by atoms with Gasteiger partial charge in [-0.2, -0.15) is 0 Å². The average molecular weight is 227 g/mol. The molecule has 2 fully saturated rings. The number of ether oxygens (including phenoxy) is 1. The summed E-state index contributed by atoms with van der Waals surface area (Å²) in [5, 5.41) is 3.02. The number of hydrogen-bond donors (Lipinski definition) is 2. The highest BCUT2D eigenvalue weighted by Crippen LogP contribution is 2.22. The van der Waals surface area contributed by atoms with E-state index in [0.29, 0.717) is 25.1 Å². The molecule has 3 unspecified atom stereocenters. The lowest BCUT2D eigenvalue weighted by Crippen LogP contribution is -2.46. The van der Waals surface area contributed by atoms with Crippen molar-refractivity contribution >= 4 is 6.03 Å². The molecule has 0 spiro atoms. The lowest BCUT2D eigenvalue weighted by molar-refractivity contribution is 0.176. The van der Waals surface area contributed by atoms with Crippen LogP contribution in [0.25, 0.3) is 0 Å². The van der Waals surface area contributed by atoms with E-state index in [1.807, 2.05) is 4.90 Å². The van der Waals surface area contributed by atoms with Gasteiger partial charge in [0.2, 0.25) is 0 Å². The molecule has 0 bridgehead atoms. The minimum Gasteiger partial charge on any atom is -0.379 e. The Kier molecular flexibility index (Phi) is 3.66. The molecule has 2 amide bonds. The second-order valence-electron chi connectivity index (χ2n) is 4.85. The lowest BCUT2D eigenvalue weighted by atomic mass is 10.1. The Bertz CT molecular complexity index is 254. The summed E-state index contributed by atoms with van der Waals surface area (Å²) in [6.07, 6.45) is 1.94. The summed E-state index contributed by atoms with van der Waals surface area (Å²) in [4.78, 5) is 13.9. The monoisotopic (exact) mass is 227 g/mol. The van der Waals surface area contributed by atoms with E-state index in [1.54, 1.807) is 0 Å². The Balaban J connectivity index is 1.84. The predicted octanol–water partition coefficient (Wildman–Crippen LogP) is 0.154. The number of urea groups is 1. The Morgan fingerprint density at radius 3 is 3.00 bits per heavy atom. The maximum absolute atomic E-state index is 12.0. The molecule has 3 atom stereocenters. The molecular weight excluding hydrogens is 206 g/mol. The normalized spacial score (nSPS) is 34.4. The van der Waals surface area contributed by atoms with Gasteiger partial charge in [0.05, 0.1) is 12.6 Å². The van der Waals surface area contributed by atoms with Crippen molar-refractivity contribution in [3.8, 4) is 0 Å². The van der Waals surface area contributed by atoms with E-state index in [1.165, 1.54) is 0 Å². The average Bonchev–Trinajstić information content (AvgIpc) is 2.87. The van der Waals surface area contributed by atoms with Gasteiger partial charge in [0.15, 0.2) is 0 Å². The third kappa shape index (κ3) is 2.47. The van der Waals surface area contributed by atoms with E-state index in [9.17, 15) is 4.79 Å². The fourth-order valence-electron chi connectivity index (χ4n) is 2.50. The van der Waals surface area contributed by atoms with Gasteiger partial charge in [0, 0.05) is 19.2 Å². The Hall–Kier alpha value is -0.810. The number of nitrogens with two attached hydrogens (primary N) is 1. The summed E-state index contributed by atoms with van der Waals surface area (Å²) in [7, 11) is 0. The van der Waals surface area contributed by atoms with Gasteiger partial charge in [-0.3, -0.25) is 0 Å². The van der Waals surface area contributed by atoms with Crippen LogP contribution in [0, 0.1) is 5.92 Å². The molecule has 0 aliphatic carbocycles. The SMILES string of the molecule is CC1CC(CN)CN1C(=O)NC1CCOC1. The highest BCUT2D eigenvalue weighted by atomic mass is 16.5. The van der Waals surface area contributed by atoms with Gasteiger partial charge in [-0.1, -0.05) is 0 Å². The number of amides is 2. The van der Waals surface area contributed by atoms with Gasteiger partial charge in [0.25, 0.3) is 0 Å². The van der Waals surface area contributed by atoms with Gasteiger partial charge >= 0.3 is 6.03 Å². The number of nitrogens with one attached hydrogen (secondary N) is 1. The number of carbonyl (C=O) groups excluding carboxylic acids is 1. The second kappa shape index (κ2) is 5.01. The number of hydrogen-bond acceptors (Lipinski definition) is 3. The summed E-state index contributed by atoms with van der Waals surface area (Å²) in [5.41, 5.74) is 5.64. The smallest absolute Gasteiger partial charge is 0.317 e. The minimum absolute atomic E-state index is 0.0407. The van der Waals surface area contributed by atoms with Crippen molar-refractivity contribution in [2.75, 3.05) is 26.3 Å². The summed E-state index contributed by atoms with van der Waals surface area (Å²) < 4.78 is 5.24. The Labute approximate surface area is 96.3 Å². The molecule has 16 heavy (non-hydrogen) atoms. The van der Waals surface area contributed by atoms with Crippen LogP contribution in [0.2, 0.25) is 0 Å². The molecular formula is C11H21N3O2. The van der Waals surface area contributed by atoms with E-state index in [4.69, 9.17) is 10.5 Å². The van der Waals surface area contributed by atoms with Crippen LogP contribution < -0.4 is 11.1 Å².